The predicted octanol–water partition coefficient (Wildman–Crippen LogP) is 3.61. The average Bonchev–Trinajstić information content (AvgIpc) is 2.84. The largest absolute Gasteiger partial charge is 0.481 e. The van der Waals surface area contributed by atoms with Crippen LogP contribution in [0, 0.1) is 0 Å². The fourth-order valence-corrected chi connectivity index (χ4v) is 4.76. The number of rotatable bonds is 4. The van der Waals surface area contributed by atoms with E-state index < -0.39 is 5.97 Å². The van der Waals surface area contributed by atoms with Gasteiger partial charge in [-0.05, 0) is 37.9 Å². The van der Waals surface area contributed by atoms with Gasteiger partial charge in [0, 0.05) is 5.38 Å². The molecular weight excluding hydrogens is 420 g/mol. The van der Waals surface area contributed by atoms with Gasteiger partial charge in [-0.3, -0.25) is 14.9 Å². The second-order valence-corrected chi connectivity index (χ2v) is 8.01. The first-order valence-electron chi connectivity index (χ1n) is 4.88. The average molecular weight is 426 g/mol. The van der Waals surface area contributed by atoms with Crippen LogP contribution in [0.4, 0.5) is 5.13 Å². The van der Waals surface area contributed by atoms with Crippen molar-refractivity contribution in [2.75, 3.05) is 5.32 Å². The minimum Gasteiger partial charge on any atom is -0.481 e. The van der Waals surface area contributed by atoms with E-state index in [0.29, 0.717) is 16.4 Å². The Labute approximate surface area is 132 Å². The van der Waals surface area contributed by atoms with Crippen LogP contribution in [0.5, 0.6) is 0 Å². The summed E-state index contributed by atoms with van der Waals surface area (Å²) in [6, 6.07) is 1.70. The van der Waals surface area contributed by atoms with E-state index in [1.807, 2.05) is 0 Å². The maximum absolute atomic E-state index is 12.0. The third kappa shape index (κ3) is 3.85. The Bertz CT molecular complexity index is 639. The van der Waals surface area contributed by atoms with Crippen LogP contribution in [0.3, 0.4) is 0 Å². The highest BCUT2D eigenvalue weighted by molar-refractivity contribution is 9.12. The number of amides is 1. The van der Waals surface area contributed by atoms with Gasteiger partial charge in [-0.25, -0.2) is 4.98 Å². The number of aliphatic carboxylic acids is 1. The molecule has 9 heteroatoms. The number of carbonyl (C=O) groups excluding carboxylic acids is 1. The molecule has 100 valence electrons. The standard InChI is InChI=1S/C10H6Br2N2O3S2/c11-6-2-5(8(12)19-6)9(17)14-10-13-4(3-18-10)1-7(15)16/h2-3H,1H2,(H,15,16)(H,13,14,17). The van der Waals surface area contributed by atoms with Crippen LogP contribution in [0.2, 0.25) is 0 Å². The fourth-order valence-electron chi connectivity index (χ4n) is 1.26. The molecule has 2 rings (SSSR count). The zero-order chi connectivity index (χ0) is 14.0. The van der Waals surface area contributed by atoms with Gasteiger partial charge in [0.2, 0.25) is 0 Å². The Balaban J connectivity index is 2.09. The summed E-state index contributed by atoms with van der Waals surface area (Å²) < 4.78 is 1.56. The zero-order valence-electron chi connectivity index (χ0n) is 9.15. The molecule has 0 saturated carbocycles. The maximum atomic E-state index is 12.0. The smallest absolute Gasteiger partial charge is 0.309 e. The lowest BCUT2D eigenvalue weighted by molar-refractivity contribution is -0.136. The van der Waals surface area contributed by atoms with Crippen molar-refractivity contribution in [1.29, 1.82) is 0 Å². The number of carboxylic acids is 1. The number of thiazole rings is 1. The summed E-state index contributed by atoms with van der Waals surface area (Å²) in [5.41, 5.74) is 0.935. The van der Waals surface area contributed by atoms with Crippen molar-refractivity contribution < 1.29 is 14.7 Å². The molecule has 0 spiro atoms. The van der Waals surface area contributed by atoms with E-state index in [1.54, 1.807) is 11.4 Å². The summed E-state index contributed by atoms with van der Waals surface area (Å²) in [6.07, 6.45) is -0.153. The second-order valence-electron chi connectivity index (χ2n) is 3.41. The number of nitrogens with one attached hydrogen (secondary N) is 1. The van der Waals surface area contributed by atoms with Crippen molar-refractivity contribution in [3.63, 3.8) is 0 Å². The van der Waals surface area contributed by atoms with Crippen LogP contribution in [-0.2, 0) is 11.2 Å². The Morgan fingerprint density at radius 1 is 1.42 bits per heavy atom. The first-order valence-corrected chi connectivity index (χ1v) is 8.16. The molecule has 2 aromatic rings. The molecule has 19 heavy (non-hydrogen) atoms. The quantitative estimate of drug-likeness (QED) is 0.784. The van der Waals surface area contributed by atoms with Crippen LogP contribution in [0.1, 0.15) is 16.1 Å². The summed E-state index contributed by atoms with van der Waals surface area (Å²) >= 11 is 9.20. The van der Waals surface area contributed by atoms with Crippen LogP contribution in [-0.4, -0.2) is 22.0 Å². The highest BCUT2D eigenvalue weighted by Gasteiger charge is 2.15. The number of nitrogens with zero attached hydrogens (tertiary/aromatic N) is 1. The van der Waals surface area contributed by atoms with E-state index in [9.17, 15) is 9.59 Å². The summed E-state index contributed by atoms with van der Waals surface area (Å²) in [5, 5.41) is 13.3. The van der Waals surface area contributed by atoms with Gasteiger partial charge in [-0.2, -0.15) is 0 Å². The van der Waals surface area contributed by atoms with Gasteiger partial charge >= 0.3 is 5.97 Å². The predicted molar refractivity (Wildman–Crippen MR) is 81.1 cm³/mol. The monoisotopic (exact) mass is 424 g/mol. The van der Waals surface area contributed by atoms with Gasteiger partial charge in [0.25, 0.3) is 5.91 Å². The summed E-state index contributed by atoms with van der Waals surface area (Å²) in [7, 11) is 0. The van der Waals surface area contributed by atoms with Gasteiger partial charge in [-0.1, -0.05) is 0 Å². The SMILES string of the molecule is O=C(O)Cc1csc(NC(=O)c2cc(Br)sc2Br)n1. The lowest BCUT2D eigenvalue weighted by Crippen LogP contribution is -2.11. The highest BCUT2D eigenvalue weighted by Crippen LogP contribution is 2.32. The molecular formula is C10H6Br2N2O3S2. The minimum absolute atomic E-state index is 0.153. The molecule has 0 bridgehead atoms. The third-order valence-corrected chi connectivity index (χ3v) is 5.15. The first kappa shape index (κ1) is 14.6. The normalized spacial score (nSPS) is 10.4. The van der Waals surface area contributed by atoms with Crippen molar-refractivity contribution >= 4 is 71.5 Å². The van der Waals surface area contributed by atoms with Crippen molar-refractivity contribution in [1.82, 2.24) is 4.98 Å². The van der Waals surface area contributed by atoms with E-state index in [-0.39, 0.29) is 12.3 Å². The molecule has 1 amide bonds. The molecule has 0 aliphatic rings. The van der Waals surface area contributed by atoms with E-state index in [2.05, 4.69) is 42.2 Å². The lowest BCUT2D eigenvalue weighted by atomic mass is 10.3. The maximum Gasteiger partial charge on any atom is 0.309 e. The lowest BCUT2D eigenvalue weighted by Gasteiger charge is -1.99. The molecule has 0 fully saturated rings. The molecule has 0 saturated heterocycles. The van der Waals surface area contributed by atoms with E-state index in [1.165, 1.54) is 22.7 Å². The molecule has 0 aliphatic heterocycles. The van der Waals surface area contributed by atoms with E-state index in [4.69, 9.17) is 5.11 Å². The Hall–Kier alpha value is -0.770. The summed E-state index contributed by atoms with van der Waals surface area (Å²) in [5.74, 6) is -1.24. The topological polar surface area (TPSA) is 79.3 Å². The van der Waals surface area contributed by atoms with E-state index in [0.717, 1.165) is 7.57 Å². The van der Waals surface area contributed by atoms with Gasteiger partial charge in [0.1, 0.15) is 0 Å². The number of aromatic nitrogens is 1. The zero-order valence-corrected chi connectivity index (χ0v) is 14.0. The third-order valence-electron chi connectivity index (χ3n) is 2.01. The van der Waals surface area contributed by atoms with Crippen LogP contribution >= 0.6 is 54.5 Å². The summed E-state index contributed by atoms with van der Waals surface area (Å²) in [6.45, 7) is 0. The molecule has 0 aliphatic carbocycles. The number of halogens is 2. The minimum atomic E-state index is -0.951. The molecule has 0 atom stereocenters. The number of hydrogen-bond donors (Lipinski definition) is 2. The molecule has 0 unspecified atom stereocenters. The van der Waals surface area contributed by atoms with E-state index >= 15 is 0 Å². The van der Waals surface area contributed by atoms with Crippen LogP contribution in [0.15, 0.2) is 19.0 Å². The fraction of sp³-hybridized carbons (Fsp3) is 0.100. The van der Waals surface area contributed by atoms with Crippen molar-refractivity contribution in [2.24, 2.45) is 0 Å². The molecule has 5 nitrogen and oxygen atoms in total. The van der Waals surface area contributed by atoms with Gasteiger partial charge in [-0.15, -0.1) is 22.7 Å². The van der Waals surface area contributed by atoms with Gasteiger partial charge in [0.15, 0.2) is 5.13 Å². The number of carbonyl (C=O) groups is 2. The highest BCUT2D eigenvalue weighted by atomic mass is 79.9. The van der Waals surface area contributed by atoms with Crippen LogP contribution in [0.25, 0.3) is 0 Å². The molecule has 2 N–H and O–H groups in total. The van der Waals surface area contributed by atoms with Crippen molar-refractivity contribution in [2.45, 2.75) is 6.42 Å². The molecule has 2 aromatic heterocycles. The van der Waals surface area contributed by atoms with Gasteiger partial charge < -0.3 is 5.11 Å². The molecule has 2 heterocycles. The summed E-state index contributed by atoms with van der Waals surface area (Å²) in [4.78, 5) is 26.5. The molecule has 0 radical (unpaired) electrons. The Morgan fingerprint density at radius 3 is 2.74 bits per heavy atom. The Morgan fingerprint density at radius 2 is 2.16 bits per heavy atom. The Kier molecular flexibility index (Phi) is 4.71. The van der Waals surface area contributed by atoms with Crippen LogP contribution < -0.4 is 5.32 Å². The first-order chi connectivity index (χ1) is 8.95. The number of anilines is 1. The second kappa shape index (κ2) is 6.12. The molecule has 0 aromatic carbocycles. The number of hydrogen-bond acceptors (Lipinski definition) is 5. The van der Waals surface area contributed by atoms with Gasteiger partial charge in [0.05, 0.1) is 25.3 Å². The van der Waals surface area contributed by atoms with Crippen molar-refractivity contribution in [3.8, 4) is 0 Å². The van der Waals surface area contributed by atoms with Crippen molar-refractivity contribution in [3.05, 3.63) is 30.3 Å². The number of thiophene rings is 1. The number of carboxylic acid groups (broad SMARTS) is 1.